The van der Waals surface area contributed by atoms with Gasteiger partial charge in [-0.3, -0.25) is 0 Å². The highest BCUT2D eigenvalue weighted by atomic mass is 15.3. The standard InChI is InChI=1S/C9H18N6/c1-5-11-8-13-7(10-4)14-9(15-8)12-6(2)3/h6H,5H2,1-4H3,(H3,10,11,12,13,14,15). The second-order valence-electron chi connectivity index (χ2n) is 3.39. The number of hydrogen-bond acceptors (Lipinski definition) is 6. The highest BCUT2D eigenvalue weighted by Gasteiger charge is 2.05. The molecule has 0 bridgehead atoms. The molecule has 0 unspecified atom stereocenters. The Labute approximate surface area is 89.9 Å². The lowest BCUT2D eigenvalue weighted by Crippen LogP contribution is -2.15. The quantitative estimate of drug-likeness (QED) is 0.677. The summed E-state index contributed by atoms with van der Waals surface area (Å²) in [5.74, 6) is 1.73. The van der Waals surface area contributed by atoms with Gasteiger partial charge in [-0.2, -0.15) is 15.0 Å². The van der Waals surface area contributed by atoms with Gasteiger partial charge in [0.1, 0.15) is 0 Å². The van der Waals surface area contributed by atoms with E-state index in [4.69, 9.17) is 0 Å². The molecule has 15 heavy (non-hydrogen) atoms. The summed E-state index contributed by atoms with van der Waals surface area (Å²) in [5, 5.41) is 9.09. The van der Waals surface area contributed by atoms with Gasteiger partial charge in [0.15, 0.2) is 0 Å². The lowest BCUT2D eigenvalue weighted by molar-refractivity contribution is 0.867. The average Bonchev–Trinajstić information content (AvgIpc) is 2.16. The number of hydrogen-bond donors (Lipinski definition) is 3. The minimum atomic E-state index is 0.298. The van der Waals surface area contributed by atoms with E-state index in [1.807, 2.05) is 20.8 Å². The zero-order valence-electron chi connectivity index (χ0n) is 9.63. The molecule has 84 valence electrons. The second-order valence-corrected chi connectivity index (χ2v) is 3.39. The van der Waals surface area contributed by atoms with Crippen LogP contribution >= 0.6 is 0 Å². The van der Waals surface area contributed by atoms with Crippen molar-refractivity contribution in [2.45, 2.75) is 26.8 Å². The first kappa shape index (κ1) is 11.5. The Kier molecular flexibility index (Phi) is 4.08. The van der Waals surface area contributed by atoms with Crippen molar-refractivity contribution in [2.75, 3.05) is 29.5 Å². The Morgan fingerprint density at radius 1 is 1.07 bits per heavy atom. The van der Waals surface area contributed by atoms with Crippen LogP contribution in [0.15, 0.2) is 0 Å². The van der Waals surface area contributed by atoms with Crippen molar-refractivity contribution in [3.8, 4) is 0 Å². The first-order valence-corrected chi connectivity index (χ1v) is 5.10. The molecule has 6 nitrogen and oxygen atoms in total. The molecule has 6 heteroatoms. The van der Waals surface area contributed by atoms with Gasteiger partial charge in [-0.05, 0) is 20.8 Å². The molecule has 0 fully saturated rings. The summed E-state index contributed by atoms with van der Waals surface area (Å²) in [6.07, 6.45) is 0. The molecule has 1 aromatic rings. The fourth-order valence-corrected chi connectivity index (χ4v) is 1.05. The molecule has 1 heterocycles. The fraction of sp³-hybridized carbons (Fsp3) is 0.667. The Balaban J connectivity index is 2.89. The molecule has 0 amide bonds. The van der Waals surface area contributed by atoms with Crippen LogP contribution < -0.4 is 16.0 Å². The zero-order chi connectivity index (χ0) is 11.3. The van der Waals surface area contributed by atoms with E-state index in [2.05, 4.69) is 30.9 Å². The van der Waals surface area contributed by atoms with Gasteiger partial charge in [-0.15, -0.1) is 0 Å². The second kappa shape index (κ2) is 5.33. The van der Waals surface area contributed by atoms with E-state index in [0.29, 0.717) is 23.9 Å². The molecule has 1 aromatic heterocycles. The molecule has 0 aliphatic heterocycles. The van der Waals surface area contributed by atoms with Crippen LogP contribution in [0.3, 0.4) is 0 Å². The van der Waals surface area contributed by atoms with Crippen molar-refractivity contribution in [2.24, 2.45) is 0 Å². The number of nitrogens with one attached hydrogen (secondary N) is 3. The van der Waals surface area contributed by atoms with Crippen LogP contribution in [0.4, 0.5) is 17.8 Å². The molecule has 0 radical (unpaired) electrons. The van der Waals surface area contributed by atoms with E-state index in [0.717, 1.165) is 6.54 Å². The molecular weight excluding hydrogens is 192 g/mol. The molecule has 3 N–H and O–H groups in total. The van der Waals surface area contributed by atoms with Crippen molar-refractivity contribution in [1.82, 2.24) is 15.0 Å². The van der Waals surface area contributed by atoms with Gasteiger partial charge in [0.05, 0.1) is 0 Å². The van der Waals surface area contributed by atoms with Crippen molar-refractivity contribution in [3.05, 3.63) is 0 Å². The van der Waals surface area contributed by atoms with Gasteiger partial charge in [0, 0.05) is 19.6 Å². The Hall–Kier alpha value is -1.59. The SMILES string of the molecule is CCNc1nc(NC)nc(NC(C)C)n1. The topological polar surface area (TPSA) is 74.8 Å². The normalized spacial score (nSPS) is 10.2. The van der Waals surface area contributed by atoms with E-state index >= 15 is 0 Å². The summed E-state index contributed by atoms with van der Waals surface area (Å²) in [5.41, 5.74) is 0. The summed E-state index contributed by atoms with van der Waals surface area (Å²) in [6.45, 7) is 6.86. The highest BCUT2D eigenvalue weighted by Crippen LogP contribution is 2.09. The molecule has 0 aliphatic rings. The highest BCUT2D eigenvalue weighted by molar-refractivity contribution is 5.41. The smallest absolute Gasteiger partial charge is 0.229 e. The number of anilines is 3. The first-order chi connectivity index (χ1) is 7.15. The maximum atomic E-state index is 4.23. The molecule has 0 aromatic carbocycles. The van der Waals surface area contributed by atoms with Gasteiger partial charge in [-0.25, -0.2) is 0 Å². The van der Waals surface area contributed by atoms with Crippen molar-refractivity contribution >= 4 is 17.8 Å². The summed E-state index contributed by atoms with van der Waals surface area (Å²) < 4.78 is 0. The van der Waals surface area contributed by atoms with Crippen LogP contribution in [-0.4, -0.2) is 34.6 Å². The maximum absolute atomic E-state index is 4.23. The van der Waals surface area contributed by atoms with E-state index in [9.17, 15) is 0 Å². The van der Waals surface area contributed by atoms with Gasteiger partial charge >= 0.3 is 0 Å². The van der Waals surface area contributed by atoms with Gasteiger partial charge in [-0.1, -0.05) is 0 Å². The monoisotopic (exact) mass is 210 g/mol. The lowest BCUT2D eigenvalue weighted by atomic mass is 10.4. The third-order valence-electron chi connectivity index (χ3n) is 1.61. The van der Waals surface area contributed by atoms with Gasteiger partial charge < -0.3 is 16.0 Å². The van der Waals surface area contributed by atoms with E-state index in [-0.39, 0.29) is 0 Å². The third-order valence-corrected chi connectivity index (χ3v) is 1.61. The summed E-state index contributed by atoms with van der Waals surface area (Å²) in [4.78, 5) is 12.6. The maximum Gasteiger partial charge on any atom is 0.229 e. The van der Waals surface area contributed by atoms with Crippen LogP contribution in [0.2, 0.25) is 0 Å². The molecule has 1 rings (SSSR count). The molecule has 0 spiro atoms. The molecular formula is C9H18N6. The van der Waals surface area contributed by atoms with Crippen molar-refractivity contribution in [1.29, 1.82) is 0 Å². The van der Waals surface area contributed by atoms with Crippen molar-refractivity contribution < 1.29 is 0 Å². The minimum Gasteiger partial charge on any atom is -0.357 e. The van der Waals surface area contributed by atoms with Crippen LogP contribution in [0.5, 0.6) is 0 Å². The van der Waals surface area contributed by atoms with E-state index in [1.165, 1.54) is 0 Å². The predicted molar refractivity (Wildman–Crippen MR) is 62.3 cm³/mol. The largest absolute Gasteiger partial charge is 0.357 e. The van der Waals surface area contributed by atoms with Crippen LogP contribution in [0.25, 0.3) is 0 Å². The van der Waals surface area contributed by atoms with E-state index < -0.39 is 0 Å². The van der Waals surface area contributed by atoms with Gasteiger partial charge in [0.25, 0.3) is 0 Å². The summed E-state index contributed by atoms with van der Waals surface area (Å²) in [7, 11) is 1.78. The molecule has 0 saturated heterocycles. The van der Waals surface area contributed by atoms with E-state index in [1.54, 1.807) is 7.05 Å². The number of aromatic nitrogens is 3. The Morgan fingerprint density at radius 3 is 2.20 bits per heavy atom. The fourth-order valence-electron chi connectivity index (χ4n) is 1.05. The zero-order valence-corrected chi connectivity index (χ0v) is 9.63. The number of rotatable bonds is 5. The first-order valence-electron chi connectivity index (χ1n) is 5.10. The summed E-state index contributed by atoms with van der Waals surface area (Å²) >= 11 is 0. The minimum absolute atomic E-state index is 0.298. The lowest BCUT2D eigenvalue weighted by Gasteiger charge is -2.10. The van der Waals surface area contributed by atoms with Crippen molar-refractivity contribution in [3.63, 3.8) is 0 Å². The molecule has 0 atom stereocenters. The van der Waals surface area contributed by atoms with Gasteiger partial charge in [0.2, 0.25) is 17.8 Å². The third kappa shape index (κ3) is 3.57. The summed E-state index contributed by atoms with van der Waals surface area (Å²) in [6, 6.07) is 0.298. The van der Waals surface area contributed by atoms with Crippen LogP contribution in [-0.2, 0) is 0 Å². The number of nitrogens with zero attached hydrogens (tertiary/aromatic N) is 3. The van der Waals surface area contributed by atoms with Crippen LogP contribution in [0, 0.1) is 0 Å². The predicted octanol–water partition coefficient (Wildman–Crippen LogP) is 1.17. The van der Waals surface area contributed by atoms with Crippen LogP contribution in [0.1, 0.15) is 20.8 Å². The molecule has 0 saturated carbocycles. The average molecular weight is 210 g/mol. The Bertz CT molecular complexity index is 311. The molecule has 0 aliphatic carbocycles. The Morgan fingerprint density at radius 2 is 1.67 bits per heavy atom.